The van der Waals surface area contributed by atoms with Crippen molar-refractivity contribution in [2.75, 3.05) is 12.4 Å². The highest BCUT2D eigenvalue weighted by Crippen LogP contribution is 2.24. The maximum absolute atomic E-state index is 12.9. The standard InChI is InChI=1S/C26H22N8O7/c1-16-19(7-5-9-22(16)33(37)38)24(35)29-21-8-4-3-6-20(21)25(36)30-28-13-17-10-11-23(41-2)18(12-17)14-32-15-27-26(31-32)34(39)40/h3-13,15H,14H2,1-2H3,(H,29,35)(H,30,36)/b28-13-. The second kappa shape index (κ2) is 12.2. The lowest BCUT2D eigenvalue weighted by atomic mass is 10.1. The highest BCUT2D eigenvalue weighted by atomic mass is 16.6. The van der Waals surface area contributed by atoms with Crippen LogP contribution < -0.4 is 15.5 Å². The molecule has 1 aromatic heterocycles. The molecule has 4 aromatic rings. The summed E-state index contributed by atoms with van der Waals surface area (Å²) in [5.74, 6) is -1.25. The normalized spacial score (nSPS) is 10.8. The highest BCUT2D eigenvalue weighted by Gasteiger charge is 2.20. The van der Waals surface area contributed by atoms with Crippen LogP contribution in [0.15, 0.2) is 72.1 Å². The van der Waals surface area contributed by atoms with Crippen LogP contribution in [-0.4, -0.2) is 49.7 Å². The number of hydrogen-bond donors (Lipinski definition) is 2. The Kier molecular flexibility index (Phi) is 8.37. The molecule has 2 N–H and O–H groups in total. The van der Waals surface area contributed by atoms with Gasteiger partial charge in [-0.3, -0.25) is 19.7 Å². The van der Waals surface area contributed by atoms with E-state index in [0.29, 0.717) is 16.9 Å². The van der Waals surface area contributed by atoms with Gasteiger partial charge >= 0.3 is 5.95 Å². The summed E-state index contributed by atoms with van der Waals surface area (Å²) in [6, 6.07) is 15.5. The molecule has 0 saturated carbocycles. The minimum Gasteiger partial charge on any atom is -0.496 e. The first-order chi connectivity index (χ1) is 19.7. The topological polar surface area (TPSA) is 197 Å². The number of nitro groups is 2. The maximum Gasteiger partial charge on any atom is 0.490 e. The second-order valence-corrected chi connectivity index (χ2v) is 8.48. The van der Waals surface area contributed by atoms with Crippen molar-refractivity contribution >= 4 is 35.4 Å². The molecule has 41 heavy (non-hydrogen) atoms. The Balaban J connectivity index is 1.47. The largest absolute Gasteiger partial charge is 0.496 e. The van der Waals surface area contributed by atoms with Crippen LogP contribution in [0.4, 0.5) is 17.3 Å². The quantitative estimate of drug-likeness (QED) is 0.166. The number of rotatable bonds is 10. The number of aromatic nitrogens is 3. The van der Waals surface area contributed by atoms with E-state index >= 15 is 0 Å². The van der Waals surface area contributed by atoms with Crippen molar-refractivity contribution in [2.45, 2.75) is 13.5 Å². The van der Waals surface area contributed by atoms with Gasteiger partial charge in [-0.05, 0) is 53.8 Å². The third-order valence-corrected chi connectivity index (χ3v) is 5.87. The molecule has 208 valence electrons. The molecule has 0 bridgehead atoms. The Morgan fingerprint density at radius 3 is 2.49 bits per heavy atom. The SMILES string of the molecule is COc1ccc(/C=N\NC(=O)c2ccccc2NC(=O)c2cccc([N+](=O)[O-])c2C)cc1Cn1cnc([N+](=O)[O-])n1. The number of nitrogens with zero attached hydrogens (tertiary/aromatic N) is 6. The lowest BCUT2D eigenvalue weighted by Gasteiger charge is -2.11. The summed E-state index contributed by atoms with van der Waals surface area (Å²) in [5.41, 5.74) is 4.02. The number of hydrogen-bond acceptors (Lipinski definition) is 10. The first-order valence-corrected chi connectivity index (χ1v) is 11.9. The van der Waals surface area contributed by atoms with Crippen LogP contribution in [0.3, 0.4) is 0 Å². The molecular formula is C26H22N8O7. The summed E-state index contributed by atoms with van der Waals surface area (Å²) in [6.45, 7) is 1.61. The molecule has 0 aliphatic rings. The molecule has 15 nitrogen and oxygen atoms in total. The van der Waals surface area contributed by atoms with Gasteiger partial charge in [-0.1, -0.05) is 23.2 Å². The summed E-state index contributed by atoms with van der Waals surface area (Å²) in [5, 5.41) is 32.5. The molecule has 3 aromatic carbocycles. The fraction of sp³-hybridized carbons (Fsp3) is 0.115. The van der Waals surface area contributed by atoms with E-state index in [1.54, 1.807) is 30.3 Å². The average molecular weight is 559 g/mol. The number of benzene rings is 3. The van der Waals surface area contributed by atoms with Gasteiger partial charge in [0.05, 0.1) is 36.0 Å². The number of para-hydroxylation sites is 1. The van der Waals surface area contributed by atoms with Crippen molar-refractivity contribution in [3.05, 3.63) is 115 Å². The van der Waals surface area contributed by atoms with Crippen LogP contribution in [0.5, 0.6) is 5.75 Å². The molecule has 4 rings (SSSR count). The Morgan fingerprint density at radius 2 is 1.78 bits per heavy atom. The number of nitrogens with one attached hydrogen (secondary N) is 2. The number of amides is 2. The minimum absolute atomic E-state index is 0.100. The van der Waals surface area contributed by atoms with Crippen molar-refractivity contribution in [1.82, 2.24) is 20.2 Å². The Bertz CT molecular complexity index is 1680. The lowest BCUT2D eigenvalue weighted by molar-refractivity contribution is -0.394. The fourth-order valence-corrected chi connectivity index (χ4v) is 3.89. The number of anilines is 1. The number of hydrazone groups is 1. The van der Waals surface area contributed by atoms with Gasteiger partial charge in [0.1, 0.15) is 5.75 Å². The van der Waals surface area contributed by atoms with Gasteiger partial charge in [-0.2, -0.15) is 9.78 Å². The molecule has 2 amide bonds. The third kappa shape index (κ3) is 6.54. The molecule has 0 saturated heterocycles. The van der Waals surface area contributed by atoms with E-state index in [4.69, 9.17) is 4.74 Å². The zero-order chi connectivity index (χ0) is 29.5. The summed E-state index contributed by atoms with van der Waals surface area (Å²) in [6.07, 6.45) is 2.62. The number of carbonyl (C=O) groups excluding carboxylic acids is 2. The van der Waals surface area contributed by atoms with Gasteiger partial charge in [0.15, 0.2) is 0 Å². The van der Waals surface area contributed by atoms with E-state index in [1.165, 1.54) is 61.6 Å². The molecular weight excluding hydrogens is 536 g/mol. The van der Waals surface area contributed by atoms with E-state index < -0.39 is 27.6 Å². The molecule has 0 aliphatic carbocycles. The van der Waals surface area contributed by atoms with Crippen LogP contribution in [0.1, 0.15) is 37.4 Å². The molecule has 15 heteroatoms. The summed E-state index contributed by atoms with van der Waals surface area (Å²) in [4.78, 5) is 50.2. The third-order valence-electron chi connectivity index (χ3n) is 5.87. The molecule has 0 fully saturated rings. The first-order valence-electron chi connectivity index (χ1n) is 11.9. The van der Waals surface area contributed by atoms with Crippen LogP contribution in [-0.2, 0) is 6.54 Å². The minimum atomic E-state index is -0.697. The first kappa shape index (κ1) is 28.0. The van der Waals surface area contributed by atoms with Gasteiger partial charge in [0, 0.05) is 27.9 Å². The Hall–Kier alpha value is -5.99. The van der Waals surface area contributed by atoms with E-state index in [0.717, 1.165) is 0 Å². The highest BCUT2D eigenvalue weighted by molar-refractivity contribution is 6.10. The lowest BCUT2D eigenvalue weighted by Crippen LogP contribution is -2.21. The predicted molar refractivity (Wildman–Crippen MR) is 146 cm³/mol. The Labute approximate surface area is 231 Å². The number of methoxy groups -OCH3 is 1. The van der Waals surface area contributed by atoms with E-state index in [1.807, 2.05) is 0 Å². The number of carbonyl (C=O) groups is 2. The van der Waals surface area contributed by atoms with Crippen molar-refractivity contribution in [3.63, 3.8) is 0 Å². The second-order valence-electron chi connectivity index (χ2n) is 8.48. The van der Waals surface area contributed by atoms with Crippen molar-refractivity contribution < 1.29 is 24.2 Å². The fourth-order valence-electron chi connectivity index (χ4n) is 3.89. The molecule has 0 unspecified atom stereocenters. The van der Waals surface area contributed by atoms with Gasteiger partial charge in [0.2, 0.25) is 6.33 Å². The van der Waals surface area contributed by atoms with Crippen molar-refractivity contribution in [1.29, 1.82) is 0 Å². The molecule has 0 aliphatic heterocycles. The van der Waals surface area contributed by atoms with Crippen LogP contribution in [0.2, 0.25) is 0 Å². The number of nitro benzene ring substituents is 1. The van der Waals surface area contributed by atoms with Crippen LogP contribution in [0.25, 0.3) is 0 Å². The van der Waals surface area contributed by atoms with E-state index in [2.05, 4.69) is 25.9 Å². The maximum atomic E-state index is 12.9. The van der Waals surface area contributed by atoms with E-state index in [9.17, 15) is 29.8 Å². The summed E-state index contributed by atoms with van der Waals surface area (Å²) in [7, 11) is 1.48. The summed E-state index contributed by atoms with van der Waals surface area (Å²) < 4.78 is 6.64. The molecule has 0 spiro atoms. The average Bonchev–Trinajstić information content (AvgIpc) is 3.42. The monoisotopic (exact) mass is 558 g/mol. The van der Waals surface area contributed by atoms with Gasteiger partial charge in [0.25, 0.3) is 17.5 Å². The van der Waals surface area contributed by atoms with Crippen molar-refractivity contribution in [3.8, 4) is 5.75 Å². The van der Waals surface area contributed by atoms with E-state index in [-0.39, 0.29) is 34.6 Å². The molecule has 0 atom stereocenters. The van der Waals surface area contributed by atoms with Crippen molar-refractivity contribution in [2.24, 2.45) is 5.10 Å². The molecule has 1 heterocycles. The van der Waals surface area contributed by atoms with Gasteiger partial charge < -0.3 is 20.2 Å². The summed E-state index contributed by atoms with van der Waals surface area (Å²) >= 11 is 0. The van der Waals surface area contributed by atoms with Gasteiger partial charge in [-0.15, -0.1) is 0 Å². The van der Waals surface area contributed by atoms with Gasteiger partial charge in [-0.25, -0.2) is 5.43 Å². The smallest absolute Gasteiger partial charge is 0.490 e. The van der Waals surface area contributed by atoms with Crippen LogP contribution in [0, 0.1) is 27.2 Å². The Morgan fingerprint density at radius 1 is 1.02 bits per heavy atom. The molecule has 0 radical (unpaired) electrons. The zero-order valence-corrected chi connectivity index (χ0v) is 21.7. The number of ether oxygens (including phenoxy) is 1. The predicted octanol–water partition coefficient (Wildman–Crippen LogP) is 3.48. The zero-order valence-electron chi connectivity index (χ0n) is 21.7. The van der Waals surface area contributed by atoms with Crippen LogP contribution >= 0.6 is 0 Å².